The van der Waals surface area contributed by atoms with Crippen molar-refractivity contribution in [1.29, 1.82) is 0 Å². The monoisotopic (exact) mass is 319 g/mol. The second kappa shape index (κ2) is 7.96. The predicted molar refractivity (Wildman–Crippen MR) is 87.6 cm³/mol. The van der Waals surface area contributed by atoms with E-state index in [-0.39, 0.29) is 4.90 Å². The van der Waals surface area contributed by atoms with E-state index in [1.54, 1.807) is 24.3 Å². The average molecular weight is 319 g/mol. The minimum absolute atomic E-state index is 0.254. The van der Waals surface area contributed by atoms with Gasteiger partial charge in [-0.25, -0.2) is 13.1 Å². The number of hydrogen-bond donors (Lipinski definition) is 1. The van der Waals surface area contributed by atoms with Gasteiger partial charge in [-0.2, -0.15) is 0 Å². The van der Waals surface area contributed by atoms with E-state index in [9.17, 15) is 8.42 Å². The third-order valence-electron chi connectivity index (χ3n) is 3.16. The van der Waals surface area contributed by atoms with Crippen molar-refractivity contribution >= 4 is 10.0 Å². The van der Waals surface area contributed by atoms with Crippen LogP contribution in [-0.2, 0) is 16.4 Å². The average Bonchev–Trinajstić information content (AvgIpc) is 2.54. The molecule has 2 rings (SSSR count). The summed E-state index contributed by atoms with van der Waals surface area (Å²) in [4.78, 5) is 0.254. The highest BCUT2D eigenvalue weighted by Gasteiger charge is 2.13. The van der Waals surface area contributed by atoms with Crippen LogP contribution in [0.1, 0.15) is 18.9 Å². The largest absolute Gasteiger partial charge is 0.494 e. The zero-order valence-electron chi connectivity index (χ0n) is 12.7. The first-order chi connectivity index (χ1) is 10.6. The normalized spacial score (nSPS) is 11.3. The van der Waals surface area contributed by atoms with Gasteiger partial charge in [-0.1, -0.05) is 37.3 Å². The standard InChI is InChI=1S/C17H21NO3S/c1-2-14-21-16-8-10-17(11-9-16)22(19,20)18-13-12-15-6-4-3-5-7-15/h3-11,18H,2,12-14H2,1H3. The van der Waals surface area contributed by atoms with Gasteiger partial charge in [-0.05, 0) is 42.7 Å². The maximum Gasteiger partial charge on any atom is 0.240 e. The van der Waals surface area contributed by atoms with E-state index >= 15 is 0 Å². The first kappa shape index (κ1) is 16.5. The van der Waals surface area contributed by atoms with Crippen molar-refractivity contribution in [3.8, 4) is 5.75 Å². The number of benzene rings is 2. The van der Waals surface area contributed by atoms with Gasteiger partial charge in [0.05, 0.1) is 11.5 Å². The Morgan fingerprint density at radius 1 is 1.00 bits per heavy atom. The van der Waals surface area contributed by atoms with Crippen molar-refractivity contribution in [2.45, 2.75) is 24.7 Å². The van der Waals surface area contributed by atoms with Crippen LogP contribution in [-0.4, -0.2) is 21.6 Å². The molecular formula is C17H21NO3S. The fraction of sp³-hybridized carbons (Fsp3) is 0.294. The van der Waals surface area contributed by atoms with Crippen molar-refractivity contribution in [2.75, 3.05) is 13.2 Å². The lowest BCUT2D eigenvalue weighted by Gasteiger charge is -2.08. The Morgan fingerprint density at radius 3 is 2.32 bits per heavy atom. The molecule has 22 heavy (non-hydrogen) atoms. The molecule has 0 saturated heterocycles. The van der Waals surface area contributed by atoms with Crippen LogP contribution in [0, 0.1) is 0 Å². The summed E-state index contributed by atoms with van der Waals surface area (Å²) in [6.07, 6.45) is 1.58. The molecule has 0 aliphatic carbocycles. The Balaban J connectivity index is 1.92. The number of hydrogen-bond acceptors (Lipinski definition) is 3. The lowest BCUT2D eigenvalue weighted by Crippen LogP contribution is -2.25. The minimum Gasteiger partial charge on any atom is -0.494 e. The van der Waals surface area contributed by atoms with Gasteiger partial charge in [0.1, 0.15) is 5.75 Å². The van der Waals surface area contributed by atoms with Crippen LogP contribution < -0.4 is 9.46 Å². The third kappa shape index (κ3) is 4.86. The van der Waals surface area contributed by atoms with E-state index in [1.165, 1.54) is 0 Å². The second-order valence-corrected chi connectivity index (χ2v) is 6.72. The summed E-state index contributed by atoms with van der Waals surface area (Å²) in [6.45, 7) is 3.03. The molecule has 118 valence electrons. The molecule has 1 N–H and O–H groups in total. The van der Waals surface area contributed by atoms with Crippen molar-refractivity contribution in [2.24, 2.45) is 0 Å². The Kier molecular flexibility index (Phi) is 5.98. The van der Waals surface area contributed by atoms with Crippen LogP contribution in [0.4, 0.5) is 0 Å². The van der Waals surface area contributed by atoms with Gasteiger partial charge in [0, 0.05) is 6.54 Å². The summed E-state index contributed by atoms with van der Waals surface area (Å²) < 4.78 is 32.5. The molecule has 0 radical (unpaired) electrons. The summed E-state index contributed by atoms with van der Waals surface area (Å²) >= 11 is 0. The lowest BCUT2D eigenvalue weighted by atomic mass is 10.2. The molecule has 0 aliphatic rings. The molecular weight excluding hydrogens is 298 g/mol. The van der Waals surface area contributed by atoms with Gasteiger partial charge < -0.3 is 4.74 Å². The van der Waals surface area contributed by atoms with E-state index in [0.29, 0.717) is 25.3 Å². The highest BCUT2D eigenvalue weighted by Crippen LogP contribution is 2.16. The Labute approximate surface area is 132 Å². The topological polar surface area (TPSA) is 55.4 Å². The van der Waals surface area contributed by atoms with Crippen molar-refractivity contribution in [1.82, 2.24) is 4.72 Å². The maximum absolute atomic E-state index is 12.2. The van der Waals surface area contributed by atoms with Crippen LogP contribution in [0.2, 0.25) is 0 Å². The van der Waals surface area contributed by atoms with Crippen LogP contribution in [0.25, 0.3) is 0 Å². The van der Waals surface area contributed by atoms with E-state index in [2.05, 4.69) is 4.72 Å². The van der Waals surface area contributed by atoms with Gasteiger partial charge in [-0.15, -0.1) is 0 Å². The van der Waals surface area contributed by atoms with Gasteiger partial charge in [-0.3, -0.25) is 0 Å². The summed E-state index contributed by atoms with van der Waals surface area (Å²) in [5.74, 6) is 0.685. The van der Waals surface area contributed by atoms with Crippen LogP contribution in [0.3, 0.4) is 0 Å². The molecule has 0 amide bonds. The molecule has 0 aromatic heterocycles. The number of ether oxygens (including phenoxy) is 1. The Bertz CT molecular complexity index is 667. The second-order valence-electron chi connectivity index (χ2n) is 4.95. The lowest BCUT2D eigenvalue weighted by molar-refractivity contribution is 0.317. The van der Waals surface area contributed by atoms with Gasteiger partial charge in [0.2, 0.25) is 10.0 Å². The summed E-state index contributed by atoms with van der Waals surface area (Å²) in [7, 11) is -3.47. The number of rotatable bonds is 8. The van der Waals surface area contributed by atoms with Crippen LogP contribution in [0.15, 0.2) is 59.5 Å². The first-order valence-corrected chi connectivity index (χ1v) is 8.86. The molecule has 5 heteroatoms. The van der Waals surface area contributed by atoms with Crippen molar-refractivity contribution in [3.63, 3.8) is 0 Å². The fourth-order valence-electron chi connectivity index (χ4n) is 1.99. The van der Waals surface area contributed by atoms with E-state index in [4.69, 9.17) is 4.74 Å². The van der Waals surface area contributed by atoms with Gasteiger partial charge in [0.25, 0.3) is 0 Å². The molecule has 4 nitrogen and oxygen atoms in total. The molecule has 0 unspecified atom stereocenters. The van der Waals surface area contributed by atoms with Crippen molar-refractivity contribution < 1.29 is 13.2 Å². The molecule has 0 heterocycles. The SMILES string of the molecule is CCCOc1ccc(S(=O)(=O)NCCc2ccccc2)cc1. The first-order valence-electron chi connectivity index (χ1n) is 7.38. The van der Waals surface area contributed by atoms with Crippen LogP contribution in [0.5, 0.6) is 5.75 Å². The molecule has 0 spiro atoms. The predicted octanol–water partition coefficient (Wildman–Crippen LogP) is 3.00. The molecule has 0 atom stereocenters. The molecule has 0 saturated carbocycles. The molecule has 0 fully saturated rings. The Morgan fingerprint density at radius 2 is 1.68 bits per heavy atom. The summed E-state index contributed by atoms with van der Waals surface area (Å²) in [6, 6.07) is 16.3. The zero-order chi connectivity index (χ0) is 15.8. The summed E-state index contributed by atoms with van der Waals surface area (Å²) in [5.41, 5.74) is 1.11. The van der Waals surface area contributed by atoms with Crippen molar-refractivity contribution in [3.05, 3.63) is 60.2 Å². The highest BCUT2D eigenvalue weighted by molar-refractivity contribution is 7.89. The number of nitrogens with one attached hydrogen (secondary N) is 1. The van der Waals surface area contributed by atoms with E-state index in [0.717, 1.165) is 12.0 Å². The quantitative estimate of drug-likeness (QED) is 0.814. The van der Waals surface area contributed by atoms with Crippen LogP contribution >= 0.6 is 0 Å². The van der Waals surface area contributed by atoms with Gasteiger partial charge in [0.15, 0.2) is 0 Å². The third-order valence-corrected chi connectivity index (χ3v) is 4.63. The molecule has 0 bridgehead atoms. The van der Waals surface area contributed by atoms with E-state index in [1.807, 2.05) is 37.3 Å². The van der Waals surface area contributed by atoms with E-state index < -0.39 is 10.0 Å². The van der Waals surface area contributed by atoms with Gasteiger partial charge >= 0.3 is 0 Å². The molecule has 2 aromatic rings. The fourth-order valence-corrected chi connectivity index (χ4v) is 3.02. The smallest absolute Gasteiger partial charge is 0.240 e. The molecule has 2 aromatic carbocycles. The minimum atomic E-state index is -3.47. The highest BCUT2D eigenvalue weighted by atomic mass is 32.2. The Hall–Kier alpha value is -1.85. The zero-order valence-corrected chi connectivity index (χ0v) is 13.5. The molecule has 0 aliphatic heterocycles. The summed E-state index contributed by atoms with van der Waals surface area (Å²) in [5, 5.41) is 0. The number of sulfonamides is 1. The maximum atomic E-state index is 12.2.